The topological polar surface area (TPSA) is 56.5 Å². The van der Waals surface area contributed by atoms with Gasteiger partial charge < -0.3 is 14.6 Å². The Morgan fingerprint density at radius 3 is 3.00 bits per heavy atom. The minimum Gasteiger partial charge on any atom is -0.486 e. The van der Waals surface area contributed by atoms with Crippen molar-refractivity contribution in [3.05, 3.63) is 41.7 Å². The zero-order valence-corrected chi connectivity index (χ0v) is 10.7. The predicted octanol–water partition coefficient (Wildman–Crippen LogP) is 1.47. The molecule has 0 fully saturated rings. The fraction of sp³-hybridized carbons (Fsp3) is 0.357. The Labute approximate surface area is 111 Å². The maximum atomic E-state index is 10.4. The number of nitrogens with zero attached hydrogens (tertiary/aromatic N) is 2. The van der Waals surface area contributed by atoms with Crippen molar-refractivity contribution in [1.29, 1.82) is 0 Å². The van der Waals surface area contributed by atoms with E-state index in [0.717, 1.165) is 11.1 Å². The molecule has 3 rings (SSSR count). The standard InChI is InChI=1S/C14H16N2O3/c1-16-9-10(8-15-16)7-12(17)11-3-2-4-13-14(11)19-6-5-18-13/h2-4,8-9,12,17H,5-7H2,1H3. The van der Waals surface area contributed by atoms with E-state index in [9.17, 15) is 5.11 Å². The second-order valence-corrected chi connectivity index (χ2v) is 4.61. The number of aliphatic hydroxyl groups is 1. The molecule has 1 aromatic heterocycles. The van der Waals surface area contributed by atoms with Gasteiger partial charge in [-0.05, 0) is 11.6 Å². The molecule has 0 aliphatic carbocycles. The molecule has 2 aromatic rings. The Morgan fingerprint density at radius 2 is 2.21 bits per heavy atom. The molecule has 2 heterocycles. The van der Waals surface area contributed by atoms with E-state index in [1.165, 1.54) is 0 Å². The summed E-state index contributed by atoms with van der Waals surface area (Å²) in [4.78, 5) is 0. The molecule has 0 bridgehead atoms. The molecule has 1 N–H and O–H groups in total. The van der Waals surface area contributed by atoms with Crippen LogP contribution in [0.5, 0.6) is 11.5 Å². The summed E-state index contributed by atoms with van der Waals surface area (Å²) in [6, 6.07) is 5.60. The highest BCUT2D eigenvalue weighted by Crippen LogP contribution is 2.37. The van der Waals surface area contributed by atoms with Crippen LogP contribution in [0.1, 0.15) is 17.2 Å². The first kappa shape index (κ1) is 12.0. The molecule has 1 aliphatic heterocycles. The van der Waals surface area contributed by atoms with Crippen LogP contribution in [-0.4, -0.2) is 28.1 Å². The van der Waals surface area contributed by atoms with Crippen molar-refractivity contribution in [3.8, 4) is 11.5 Å². The minimum absolute atomic E-state index is 0.508. The first-order chi connectivity index (χ1) is 9.24. The monoisotopic (exact) mass is 260 g/mol. The van der Waals surface area contributed by atoms with E-state index in [1.807, 2.05) is 31.4 Å². The number of benzene rings is 1. The summed E-state index contributed by atoms with van der Waals surface area (Å²) >= 11 is 0. The van der Waals surface area contributed by atoms with Gasteiger partial charge in [0.1, 0.15) is 13.2 Å². The normalized spacial score (nSPS) is 15.3. The molecule has 0 amide bonds. The van der Waals surface area contributed by atoms with E-state index in [1.54, 1.807) is 10.9 Å². The van der Waals surface area contributed by atoms with Crippen LogP contribution in [0, 0.1) is 0 Å². The van der Waals surface area contributed by atoms with Crippen molar-refractivity contribution in [1.82, 2.24) is 9.78 Å². The Hall–Kier alpha value is -2.01. The molecule has 5 heteroatoms. The summed E-state index contributed by atoms with van der Waals surface area (Å²) in [5, 5.41) is 14.5. The Bertz CT molecular complexity index is 580. The molecule has 0 radical (unpaired) electrons. The minimum atomic E-state index is -0.624. The highest BCUT2D eigenvalue weighted by Gasteiger charge is 2.21. The third kappa shape index (κ3) is 2.42. The van der Waals surface area contributed by atoms with Crippen molar-refractivity contribution in [2.75, 3.05) is 13.2 Å². The maximum absolute atomic E-state index is 10.4. The van der Waals surface area contributed by atoms with Gasteiger partial charge in [-0.25, -0.2) is 0 Å². The molecule has 1 atom stereocenters. The highest BCUT2D eigenvalue weighted by atomic mass is 16.6. The van der Waals surface area contributed by atoms with Crippen molar-refractivity contribution in [3.63, 3.8) is 0 Å². The van der Waals surface area contributed by atoms with Gasteiger partial charge in [0.15, 0.2) is 11.5 Å². The Morgan fingerprint density at radius 1 is 1.37 bits per heavy atom. The van der Waals surface area contributed by atoms with Gasteiger partial charge in [-0.3, -0.25) is 4.68 Å². The summed E-state index contributed by atoms with van der Waals surface area (Å²) in [5.74, 6) is 1.36. The summed E-state index contributed by atoms with van der Waals surface area (Å²) in [5.41, 5.74) is 1.75. The number of aliphatic hydroxyl groups excluding tert-OH is 1. The lowest BCUT2D eigenvalue weighted by molar-refractivity contribution is 0.146. The molecule has 0 saturated heterocycles. The average molecular weight is 260 g/mol. The third-order valence-corrected chi connectivity index (χ3v) is 3.14. The lowest BCUT2D eigenvalue weighted by atomic mass is 10.0. The number of para-hydroxylation sites is 1. The Balaban J connectivity index is 1.85. The van der Waals surface area contributed by atoms with Crippen molar-refractivity contribution in [2.45, 2.75) is 12.5 Å². The molecule has 0 saturated carbocycles. The zero-order chi connectivity index (χ0) is 13.2. The number of hydrogen-bond acceptors (Lipinski definition) is 4. The van der Waals surface area contributed by atoms with Crippen LogP contribution in [0.15, 0.2) is 30.6 Å². The van der Waals surface area contributed by atoms with Crippen LogP contribution in [0.4, 0.5) is 0 Å². The summed E-state index contributed by atoms with van der Waals surface area (Å²) in [6.07, 6.45) is 3.54. The summed E-state index contributed by atoms with van der Waals surface area (Å²) in [6.45, 7) is 1.07. The smallest absolute Gasteiger partial charge is 0.167 e. The van der Waals surface area contributed by atoms with E-state index in [2.05, 4.69) is 5.10 Å². The number of fused-ring (bicyclic) bond motifs is 1. The SMILES string of the molecule is Cn1cc(CC(O)c2cccc3c2OCCO3)cn1. The van der Waals surface area contributed by atoms with Crippen molar-refractivity contribution in [2.24, 2.45) is 7.05 Å². The van der Waals surface area contributed by atoms with Gasteiger partial charge in [0.25, 0.3) is 0 Å². The summed E-state index contributed by atoms with van der Waals surface area (Å²) in [7, 11) is 1.86. The number of aromatic nitrogens is 2. The number of rotatable bonds is 3. The second kappa shape index (κ2) is 4.93. The van der Waals surface area contributed by atoms with Crippen LogP contribution in [0.3, 0.4) is 0 Å². The molecule has 19 heavy (non-hydrogen) atoms. The van der Waals surface area contributed by atoms with E-state index in [4.69, 9.17) is 9.47 Å². The fourth-order valence-electron chi connectivity index (χ4n) is 2.27. The first-order valence-corrected chi connectivity index (χ1v) is 6.28. The van der Waals surface area contributed by atoms with Crippen molar-refractivity contribution >= 4 is 0 Å². The van der Waals surface area contributed by atoms with Gasteiger partial charge in [-0.15, -0.1) is 0 Å². The van der Waals surface area contributed by atoms with Gasteiger partial charge in [0.05, 0.1) is 12.3 Å². The van der Waals surface area contributed by atoms with Gasteiger partial charge in [-0.2, -0.15) is 5.10 Å². The molecule has 1 aliphatic rings. The van der Waals surface area contributed by atoms with Crippen LogP contribution in [-0.2, 0) is 13.5 Å². The highest BCUT2D eigenvalue weighted by molar-refractivity contribution is 5.48. The predicted molar refractivity (Wildman–Crippen MR) is 69.3 cm³/mol. The van der Waals surface area contributed by atoms with E-state index in [0.29, 0.717) is 31.1 Å². The van der Waals surface area contributed by atoms with Crippen LogP contribution in [0.25, 0.3) is 0 Å². The molecular formula is C14H16N2O3. The van der Waals surface area contributed by atoms with Gasteiger partial charge in [0, 0.05) is 25.2 Å². The molecule has 0 spiro atoms. The van der Waals surface area contributed by atoms with Crippen LogP contribution in [0.2, 0.25) is 0 Å². The average Bonchev–Trinajstić information content (AvgIpc) is 2.83. The second-order valence-electron chi connectivity index (χ2n) is 4.61. The van der Waals surface area contributed by atoms with Gasteiger partial charge in [-0.1, -0.05) is 12.1 Å². The van der Waals surface area contributed by atoms with Crippen LogP contribution >= 0.6 is 0 Å². The van der Waals surface area contributed by atoms with Crippen molar-refractivity contribution < 1.29 is 14.6 Å². The quantitative estimate of drug-likeness (QED) is 0.908. The molecule has 1 unspecified atom stereocenters. The third-order valence-electron chi connectivity index (χ3n) is 3.14. The van der Waals surface area contributed by atoms with Crippen LogP contribution < -0.4 is 9.47 Å². The molecule has 100 valence electrons. The molecule has 5 nitrogen and oxygen atoms in total. The Kier molecular flexibility index (Phi) is 3.13. The fourth-order valence-corrected chi connectivity index (χ4v) is 2.27. The first-order valence-electron chi connectivity index (χ1n) is 6.28. The van der Waals surface area contributed by atoms with Gasteiger partial charge >= 0.3 is 0 Å². The van der Waals surface area contributed by atoms with E-state index < -0.39 is 6.10 Å². The van der Waals surface area contributed by atoms with Gasteiger partial charge in [0.2, 0.25) is 0 Å². The molecular weight excluding hydrogens is 244 g/mol. The largest absolute Gasteiger partial charge is 0.486 e. The molecule has 1 aromatic carbocycles. The lowest BCUT2D eigenvalue weighted by Gasteiger charge is -2.22. The lowest BCUT2D eigenvalue weighted by Crippen LogP contribution is -2.17. The zero-order valence-electron chi connectivity index (χ0n) is 10.7. The van der Waals surface area contributed by atoms with E-state index >= 15 is 0 Å². The number of ether oxygens (including phenoxy) is 2. The maximum Gasteiger partial charge on any atom is 0.167 e. The number of hydrogen-bond donors (Lipinski definition) is 1. The summed E-state index contributed by atoms with van der Waals surface area (Å²) < 4.78 is 12.9. The number of aryl methyl sites for hydroxylation is 1. The van der Waals surface area contributed by atoms with E-state index in [-0.39, 0.29) is 0 Å².